The summed E-state index contributed by atoms with van der Waals surface area (Å²) in [4.78, 5) is 4.17. The van der Waals surface area contributed by atoms with E-state index in [9.17, 15) is 13.2 Å². The molecule has 0 spiro atoms. The zero-order valence-electron chi connectivity index (χ0n) is 15.2. The van der Waals surface area contributed by atoms with Gasteiger partial charge in [-0.3, -0.25) is 0 Å². The number of aromatic nitrogens is 3. The average molecular weight is 391 g/mol. The molecule has 0 unspecified atom stereocenters. The molecule has 0 amide bonds. The number of aliphatic hydroxyl groups is 1. The Morgan fingerprint density at radius 3 is 2.46 bits per heavy atom. The maximum Gasteiger partial charge on any atom is 0.416 e. The van der Waals surface area contributed by atoms with Crippen molar-refractivity contribution in [3.8, 4) is 5.69 Å². The lowest BCUT2D eigenvalue weighted by atomic mass is 10.1. The van der Waals surface area contributed by atoms with E-state index in [0.29, 0.717) is 24.6 Å². The number of nitrogens with one attached hydrogen (secondary N) is 2. The predicted molar refractivity (Wildman–Crippen MR) is 101 cm³/mol. The van der Waals surface area contributed by atoms with Crippen molar-refractivity contribution in [2.75, 3.05) is 23.8 Å². The molecule has 0 atom stereocenters. The number of hydrogen-bond donors (Lipinski definition) is 3. The Labute approximate surface area is 160 Å². The smallest absolute Gasteiger partial charge is 0.396 e. The molecule has 3 rings (SSSR count). The monoisotopic (exact) mass is 391 g/mol. The summed E-state index contributed by atoms with van der Waals surface area (Å²) >= 11 is 0. The average Bonchev–Trinajstić information content (AvgIpc) is 3.13. The first-order valence-electron chi connectivity index (χ1n) is 8.69. The van der Waals surface area contributed by atoms with Crippen LogP contribution in [-0.4, -0.2) is 33.0 Å². The van der Waals surface area contributed by atoms with Gasteiger partial charge in [-0.15, -0.1) is 5.10 Å². The Bertz CT molecular complexity index is 922. The van der Waals surface area contributed by atoms with Crippen LogP contribution in [0.1, 0.15) is 17.5 Å². The second-order valence-corrected chi connectivity index (χ2v) is 6.16. The molecule has 3 N–H and O–H groups in total. The largest absolute Gasteiger partial charge is 0.416 e. The molecule has 9 heteroatoms. The van der Waals surface area contributed by atoms with Crippen LogP contribution in [0.15, 0.2) is 48.8 Å². The highest BCUT2D eigenvalue weighted by Gasteiger charge is 2.30. The molecule has 3 aromatic rings. The minimum Gasteiger partial charge on any atom is -0.396 e. The van der Waals surface area contributed by atoms with Crippen molar-refractivity contribution in [3.05, 3.63) is 59.9 Å². The summed E-state index contributed by atoms with van der Waals surface area (Å²) in [6.07, 6.45) is -2.29. The van der Waals surface area contributed by atoms with E-state index >= 15 is 0 Å². The number of alkyl halides is 3. The number of anilines is 3. The Kier molecular flexibility index (Phi) is 5.84. The topological polar surface area (TPSA) is 75.0 Å². The fourth-order valence-corrected chi connectivity index (χ4v) is 2.63. The lowest BCUT2D eigenvalue weighted by Crippen LogP contribution is -2.06. The molecule has 0 aliphatic carbocycles. The number of rotatable bonds is 7. The lowest BCUT2D eigenvalue weighted by Gasteiger charge is -2.13. The van der Waals surface area contributed by atoms with Gasteiger partial charge in [-0.25, -0.2) is 4.68 Å². The summed E-state index contributed by atoms with van der Waals surface area (Å²) < 4.78 is 39.4. The molecule has 0 saturated heterocycles. The van der Waals surface area contributed by atoms with Gasteiger partial charge in [-0.05, 0) is 55.3 Å². The van der Waals surface area contributed by atoms with E-state index in [4.69, 9.17) is 5.11 Å². The molecule has 0 bridgehead atoms. The third-order valence-corrected chi connectivity index (χ3v) is 4.18. The zero-order valence-corrected chi connectivity index (χ0v) is 15.2. The van der Waals surface area contributed by atoms with E-state index in [2.05, 4.69) is 20.7 Å². The van der Waals surface area contributed by atoms with E-state index in [1.165, 1.54) is 23.1 Å². The zero-order chi connectivity index (χ0) is 20.1. The van der Waals surface area contributed by atoms with Gasteiger partial charge >= 0.3 is 6.18 Å². The lowest BCUT2D eigenvalue weighted by molar-refractivity contribution is -0.137. The van der Waals surface area contributed by atoms with Crippen molar-refractivity contribution < 1.29 is 18.3 Å². The van der Waals surface area contributed by atoms with Crippen LogP contribution >= 0.6 is 0 Å². The van der Waals surface area contributed by atoms with Crippen LogP contribution in [-0.2, 0) is 6.18 Å². The van der Waals surface area contributed by atoms with Gasteiger partial charge in [-0.2, -0.15) is 18.2 Å². The van der Waals surface area contributed by atoms with Crippen molar-refractivity contribution in [3.63, 3.8) is 0 Å². The Hall–Kier alpha value is -3.07. The highest BCUT2D eigenvalue weighted by atomic mass is 19.4. The standard InChI is InChI=1S/C19H20F3N5O/c1-13-16(23-10-3-11-28)4-2-5-17(13)25-18-24-12-27(26-18)15-8-6-14(7-9-15)19(20,21)22/h2,4-9,12,23,28H,3,10-11H2,1H3,(H,25,26). The number of hydrogen-bond acceptors (Lipinski definition) is 5. The Balaban J connectivity index is 1.74. The molecule has 1 aromatic heterocycles. The maximum absolute atomic E-state index is 12.7. The molecule has 6 nitrogen and oxygen atoms in total. The second-order valence-electron chi connectivity index (χ2n) is 6.16. The molecule has 28 heavy (non-hydrogen) atoms. The summed E-state index contributed by atoms with van der Waals surface area (Å²) in [5.74, 6) is 0.329. The number of benzene rings is 2. The highest BCUT2D eigenvalue weighted by molar-refractivity contribution is 5.68. The van der Waals surface area contributed by atoms with Crippen LogP contribution in [0.4, 0.5) is 30.5 Å². The summed E-state index contributed by atoms with van der Waals surface area (Å²) in [5, 5.41) is 19.5. The highest BCUT2D eigenvalue weighted by Crippen LogP contribution is 2.30. The van der Waals surface area contributed by atoms with Gasteiger partial charge in [0.2, 0.25) is 5.95 Å². The normalized spacial score (nSPS) is 11.5. The Morgan fingerprint density at radius 2 is 1.79 bits per heavy atom. The van der Waals surface area contributed by atoms with Crippen LogP contribution in [0.25, 0.3) is 5.69 Å². The third-order valence-electron chi connectivity index (χ3n) is 4.18. The molecule has 1 heterocycles. The van der Waals surface area contributed by atoms with Gasteiger partial charge in [0.15, 0.2) is 0 Å². The summed E-state index contributed by atoms with van der Waals surface area (Å²) in [6, 6.07) is 10.4. The maximum atomic E-state index is 12.7. The molecule has 0 fully saturated rings. The first-order chi connectivity index (χ1) is 13.4. The van der Waals surface area contributed by atoms with E-state index in [1.54, 1.807) is 0 Å². The van der Waals surface area contributed by atoms with Crippen LogP contribution in [0.5, 0.6) is 0 Å². The van der Waals surface area contributed by atoms with Crippen molar-refractivity contribution in [1.82, 2.24) is 14.8 Å². The van der Waals surface area contributed by atoms with Crippen LogP contribution in [0.3, 0.4) is 0 Å². The second kappa shape index (κ2) is 8.30. The van der Waals surface area contributed by atoms with Crippen LogP contribution in [0.2, 0.25) is 0 Å². The fraction of sp³-hybridized carbons (Fsp3) is 0.263. The molecule has 0 radical (unpaired) electrons. The summed E-state index contributed by atoms with van der Waals surface area (Å²) in [5.41, 5.74) is 2.46. The minimum atomic E-state index is -4.37. The molecule has 148 valence electrons. The number of halogens is 3. The SMILES string of the molecule is Cc1c(NCCCO)cccc1Nc1ncn(-c2ccc(C(F)(F)F)cc2)n1. The van der Waals surface area contributed by atoms with E-state index in [0.717, 1.165) is 29.1 Å². The van der Waals surface area contributed by atoms with E-state index < -0.39 is 11.7 Å². The summed E-state index contributed by atoms with van der Waals surface area (Å²) in [6.45, 7) is 2.72. The first kappa shape index (κ1) is 19.7. The third kappa shape index (κ3) is 4.61. The quantitative estimate of drug-likeness (QED) is 0.528. The van der Waals surface area contributed by atoms with E-state index in [-0.39, 0.29) is 6.61 Å². The van der Waals surface area contributed by atoms with Gasteiger partial charge in [0.05, 0.1) is 11.3 Å². The molecular weight excluding hydrogens is 371 g/mol. The molecule has 2 aromatic carbocycles. The van der Waals surface area contributed by atoms with Gasteiger partial charge < -0.3 is 15.7 Å². The van der Waals surface area contributed by atoms with Gasteiger partial charge in [-0.1, -0.05) is 6.07 Å². The summed E-state index contributed by atoms with van der Waals surface area (Å²) in [7, 11) is 0. The van der Waals surface area contributed by atoms with Gasteiger partial charge in [0.1, 0.15) is 6.33 Å². The number of nitrogens with zero attached hydrogens (tertiary/aromatic N) is 3. The van der Waals surface area contributed by atoms with E-state index in [1.807, 2.05) is 25.1 Å². The van der Waals surface area contributed by atoms with Crippen molar-refractivity contribution >= 4 is 17.3 Å². The molecule has 0 aliphatic heterocycles. The van der Waals surface area contributed by atoms with Crippen molar-refractivity contribution in [1.29, 1.82) is 0 Å². The van der Waals surface area contributed by atoms with Crippen molar-refractivity contribution in [2.45, 2.75) is 19.5 Å². The molecular formula is C19H20F3N5O. The minimum absolute atomic E-state index is 0.120. The van der Waals surface area contributed by atoms with Gasteiger partial charge in [0.25, 0.3) is 0 Å². The first-order valence-corrected chi connectivity index (χ1v) is 8.69. The predicted octanol–water partition coefficient (Wildman–Crippen LogP) is 4.13. The van der Waals surface area contributed by atoms with Crippen molar-refractivity contribution in [2.24, 2.45) is 0 Å². The number of aliphatic hydroxyl groups excluding tert-OH is 1. The Morgan fingerprint density at radius 1 is 1.07 bits per heavy atom. The van der Waals surface area contributed by atoms with Gasteiger partial charge in [0, 0.05) is 24.5 Å². The molecule has 0 saturated carbocycles. The molecule has 0 aliphatic rings. The fourth-order valence-electron chi connectivity index (χ4n) is 2.63. The van der Waals surface area contributed by atoms with Crippen LogP contribution < -0.4 is 10.6 Å². The van der Waals surface area contributed by atoms with Crippen LogP contribution in [0, 0.1) is 6.92 Å².